The molecule has 1 saturated heterocycles. The smallest absolute Gasteiger partial charge is 0.335 e. The predicted octanol–water partition coefficient (Wildman–Crippen LogP) is 2.87. The zero-order chi connectivity index (χ0) is 13.3. The molecule has 1 aliphatic heterocycles. The van der Waals surface area contributed by atoms with E-state index in [1.807, 2.05) is 0 Å². The van der Waals surface area contributed by atoms with Crippen molar-refractivity contribution >= 4 is 5.97 Å². The number of hydrogen-bond donors (Lipinski definition) is 1. The van der Waals surface area contributed by atoms with Crippen molar-refractivity contribution in [3.05, 3.63) is 29.8 Å². The first-order valence-electron chi connectivity index (χ1n) is 6.81. The summed E-state index contributed by atoms with van der Waals surface area (Å²) in [5, 5.41) is 8.85. The van der Waals surface area contributed by atoms with Crippen molar-refractivity contribution in [3.63, 3.8) is 0 Å². The summed E-state index contributed by atoms with van der Waals surface area (Å²) in [7, 11) is 0. The first-order chi connectivity index (χ1) is 9.17. The zero-order valence-electron chi connectivity index (χ0n) is 10.8. The molecule has 1 aromatic carbocycles. The van der Waals surface area contributed by atoms with E-state index in [1.54, 1.807) is 24.3 Å². The van der Waals surface area contributed by atoms with Crippen LogP contribution in [0.5, 0.6) is 5.75 Å². The topological polar surface area (TPSA) is 55.8 Å². The third kappa shape index (κ3) is 2.59. The van der Waals surface area contributed by atoms with E-state index in [4.69, 9.17) is 14.6 Å². The van der Waals surface area contributed by atoms with Crippen LogP contribution >= 0.6 is 0 Å². The van der Waals surface area contributed by atoms with Gasteiger partial charge in [0.15, 0.2) is 0 Å². The van der Waals surface area contributed by atoms with Gasteiger partial charge in [0.1, 0.15) is 11.9 Å². The van der Waals surface area contributed by atoms with Crippen molar-refractivity contribution in [2.24, 2.45) is 0 Å². The number of carbonyl (C=O) groups is 1. The van der Waals surface area contributed by atoms with Crippen LogP contribution < -0.4 is 4.74 Å². The van der Waals surface area contributed by atoms with Crippen LogP contribution in [-0.2, 0) is 4.74 Å². The average Bonchev–Trinajstić information content (AvgIpc) is 2.38. The molecule has 4 heteroatoms. The highest BCUT2D eigenvalue weighted by Gasteiger charge is 2.43. The van der Waals surface area contributed by atoms with Gasteiger partial charge in [-0.1, -0.05) is 0 Å². The minimum atomic E-state index is -0.911. The number of rotatable bonds is 3. The molecule has 3 rings (SSSR count). The van der Waals surface area contributed by atoms with Crippen LogP contribution in [0.1, 0.15) is 42.5 Å². The first kappa shape index (κ1) is 12.5. The third-order valence-electron chi connectivity index (χ3n) is 4.12. The van der Waals surface area contributed by atoms with Gasteiger partial charge in [0.2, 0.25) is 0 Å². The van der Waals surface area contributed by atoms with E-state index in [1.165, 1.54) is 6.42 Å². The molecule has 0 radical (unpaired) electrons. The highest BCUT2D eigenvalue weighted by Crippen LogP contribution is 2.43. The summed E-state index contributed by atoms with van der Waals surface area (Å²) < 4.78 is 11.8. The lowest BCUT2D eigenvalue weighted by Gasteiger charge is -2.46. The van der Waals surface area contributed by atoms with Crippen molar-refractivity contribution in [2.45, 2.75) is 43.8 Å². The summed E-state index contributed by atoms with van der Waals surface area (Å²) >= 11 is 0. The van der Waals surface area contributed by atoms with E-state index in [-0.39, 0.29) is 17.3 Å². The summed E-state index contributed by atoms with van der Waals surface area (Å²) in [4.78, 5) is 10.8. The molecule has 0 amide bonds. The minimum absolute atomic E-state index is 0.0733. The quantitative estimate of drug-likeness (QED) is 0.910. The molecular formula is C15H18O4. The monoisotopic (exact) mass is 262 g/mol. The first-order valence-corrected chi connectivity index (χ1v) is 6.81. The number of carboxylic acids is 1. The predicted molar refractivity (Wildman–Crippen MR) is 69.6 cm³/mol. The Morgan fingerprint density at radius 2 is 2.05 bits per heavy atom. The van der Waals surface area contributed by atoms with Crippen molar-refractivity contribution in [2.75, 3.05) is 6.61 Å². The molecule has 19 heavy (non-hydrogen) atoms. The van der Waals surface area contributed by atoms with Crippen LogP contribution in [0.4, 0.5) is 0 Å². The maximum absolute atomic E-state index is 10.8. The maximum Gasteiger partial charge on any atom is 0.335 e. The molecule has 1 aliphatic carbocycles. The van der Waals surface area contributed by atoms with Crippen molar-refractivity contribution in [3.8, 4) is 5.75 Å². The Labute approximate surface area is 112 Å². The fourth-order valence-electron chi connectivity index (χ4n) is 2.87. The van der Waals surface area contributed by atoms with Gasteiger partial charge in [-0.15, -0.1) is 0 Å². The van der Waals surface area contributed by atoms with Crippen LogP contribution in [-0.4, -0.2) is 29.4 Å². The normalized spacial score (nSPS) is 24.7. The van der Waals surface area contributed by atoms with Crippen molar-refractivity contribution in [1.82, 2.24) is 0 Å². The Kier molecular flexibility index (Phi) is 3.19. The largest absolute Gasteiger partial charge is 0.490 e. The highest BCUT2D eigenvalue weighted by atomic mass is 16.5. The second-order valence-corrected chi connectivity index (χ2v) is 5.45. The van der Waals surface area contributed by atoms with Gasteiger partial charge >= 0.3 is 5.97 Å². The molecule has 0 aromatic heterocycles. The summed E-state index contributed by atoms with van der Waals surface area (Å²) in [6.45, 7) is 0.762. The Balaban J connectivity index is 1.62. The molecule has 2 fully saturated rings. The number of hydrogen-bond acceptors (Lipinski definition) is 3. The molecule has 0 bridgehead atoms. The molecule has 1 heterocycles. The molecule has 1 unspecified atom stereocenters. The molecule has 2 aliphatic rings. The molecule has 102 valence electrons. The van der Waals surface area contributed by atoms with E-state index >= 15 is 0 Å². The molecule has 4 nitrogen and oxygen atoms in total. The van der Waals surface area contributed by atoms with E-state index in [0.717, 1.165) is 38.0 Å². The second kappa shape index (κ2) is 4.85. The van der Waals surface area contributed by atoms with Crippen LogP contribution in [0.25, 0.3) is 0 Å². The average molecular weight is 262 g/mol. The van der Waals surface area contributed by atoms with Crippen molar-refractivity contribution < 1.29 is 19.4 Å². The molecule has 1 N–H and O–H groups in total. The van der Waals surface area contributed by atoms with Crippen LogP contribution in [0, 0.1) is 0 Å². The minimum Gasteiger partial charge on any atom is -0.490 e. The molecule has 1 spiro atoms. The van der Waals surface area contributed by atoms with Gasteiger partial charge in [0.05, 0.1) is 17.8 Å². The Bertz CT molecular complexity index is 462. The van der Waals surface area contributed by atoms with E-state index in [2.05, 4.69) is 0 Å². The SMILES string of the molecule is O=C(O)c1ccc(OC2CCOC3(CCC3)C2)cc1. The summed E-state index contributed by atoms with van der Waals surface area (Å²) in [6.07, 6.45) is 5.58. The zero-order valence-corrected chi connectivity index (χ0v) is 10.8. The fourth-order valence-corrected chi connectivity index (χ4v) is 2.87. The molecule has 1 aromatic rings. The van der Waals surface area contributed by atoms with Crippen molar-refractivity contribution in [1.29, 1.82) is 0 Å². The molecule has 1 atom stereocenters. The summed E-state index contributed by atoms with van der Waals surface area (Å²) in [6, 6.07) is 6.62. The number of aromatic carboxylic acids is 1. The Morgan fingerprint density at radius 3 is 2.63 bits per heavy atom. The number of benzene rings is 1. The van der Waals surface area contributed by atoms with Gasteiger partial charge < -0.3 is 14.6 Å². The van der Waals surface area contributed by atoms with Crippen LogP contribution in [0.3, 0.4) is 0 Å². The fraction of sp³-hybridized carbons (Fsp3) is 0.533. The maximum atomic E-state index is 10.8. The Hall–Kier alpha value is -1.55. The van der Waals surface area contributed by atoms with Crippen LogP contribution in [0.15, 0.2) is 24.3 Å². The van der Waals surface area contributed by atoms with E-state index in [9.17, 15) is 4.79 Å². The van der Waals surface area contributed by atoms with Gasteiger partial charge in [-0.2, -0.15) is 0 Å². The third-order valence-corrected chi connectivity index (χ3v) is 4.12. The molecule has 1 saturated carbocycles. The lowest BCUT2D eigenvalue weighted by Crippen LogP contribution is -2.48. The lowest BCUT2D eigenvalue weighted by atomic mass is 9.74. The number of ether oxygens (including phenoxy) is 2. The second-order valence-electron chi connectivity index (χ2n) is 5.45. The lowest BCUT2D eigenvalue weighted by molar-refractivity contribution is -0.153. The number of carboxylic acid groups (broad SMARTS) is 1. The van der Waals surface area contributed by atoms with Gasteiger partial charge in [0.25, 0.3) is 0 Å². The summed E-state index contributed by atoms with van der Waals surface area (Å²) in [5.74, 6) is -0.169. The molecular weight excluding hydrogens is 244 g/mol. The van der Waals surface area contributed by atoms with Crippen LogP contribution in [0.2, 0.25) is 0 Å². The van der Waals surface area contributed by atoms with Gasteiger partial charge in [-0.3, -0.25) is 0 Å². The Morgan fingerprint density at radius 1 is 1.32 bits per heavy atom. The van der Waals surface area contributed by atoms with E-state index < -0.39 is 5.97 Å². The van der Waals surface area contributed by atoms with E-state index in [0.29, 0.717) is 0 Å². The highest BCUT2D eigenvalue weighted by molar-refractivity contribution is 5.87. The van der Waals surface area contributed by atoms with Gasteiger partial charge in [-0.05, 0) is 43.5 Å². The standard InChI is InChI=1S/C15H18O4/c16-14(17)11-2-4-12(5-3-11)19-13-6-9-18-15(10-13)7-1-8-15/h2-5,13H,1,6-10H2,(H,16,17). The van der Waals surface area contributed by atoms with Gasteiger partial charge in [-0.25, -0.2) is 4.79 Å². The van der Waals surface area contributed by atoms with Gasteiger partial charge in [0, 0.05) is 12.8 Å². The summed E-state index contributed by atoms with van der Waals surface area (Å²) in [5.41, 5.74) is 0.360.